The summed E-state index contributed by atoms with van der Waals surface area (Å²) in [5.41, 5.74) is -1.42. The Labute approximate surface area is 369 Å². The smallest absolute Gasteiger partial charge is 0.249 e. The third-order valence-corrected chi connectivity index (χ3v) is 11.9. The number of hydrogen-bond acceptors (Lipinski definition) is 11. The first-order valence-electron chi connectivity index (χ1n) is 24.4. The van der Waals surface area contributed by atoms with Crippen molar-refractivity contribution in [2.45, 2.75) is 255 Å². The molecule has 0 aromatic heterocycles. The monoisotopic (exact) mass is 870 g/mol. The van der Waals surface area contributed by atoms with E-state index in [0.717, 1.165) is 38.5 Å². The number of nitrogens with one attached hydrogen (secondary N) is 1. The van der Waals surface area contributed by atoms with E-state index in [9.17, 15) is 45.6 Å². The summed E-state index contributed by atoms with van der Waals surface area (Å²) < 4.78 is 11.1. The van der Waals surface area contributed by atoms with Crippen LogP contribution in [0.25, 0.3) is 0 Å². The van der Waals surface area contributed by atoms with Crippen molar-refractivity contribution < 1.29 is 55.1 Å². The number of allylic oxidation sites excluding steroid dienone is 4. The Balaban J connectivity index is 2.51. The second-order valence-electron chi connectivity index (χ2n) is 17.6. The third kappa shape index (κ3) is 27.3. The summed E-state index contributed by atoms with van der Waals surface area (Å²) >= 11 is 0. The quantitative estimate of drug-likeness (QED) is 0.0220. The molecule has 0 spiro atoms. The van der Waals surface area contributed by atoms with Gasteiger partial charge < -0.3 is 55.6 Å². The summed E-state index contributed by atoms with van der Waals surface area (Å²) in [5, 5.41) is 86.2. The highest BCUT2D eigenvalue weighted by molar-refractivity contribution is 5.80. The van der Waals surface area contributed by atoms with E-state index in [1.807, 2.05) is 6.08 Å². The molecule has 10 unspecified atom stereocenters. The number of aliphatic hydroxyl groups excluding tert-OH is 7. The molecule has 0 bridgehead atoms. The average Bonchev–Trinajstić information content (AvgIpc) is 3.24. The predicted molar refractivity (Wildman–Crippen MR) is 244 cm³/mol. The van der Waals surface area contributed by atoms with Gasteiger partial charge in [-0.2, -0.15) is 0 Å². The molecule has 1 aliphatic heterocycles. The van der Waals surface area contributed by atoms with Crippen LogP contribution in [-0.2, 0) is 14.3 Å². The van der Waals surface area contributed by atoms with Gasteiger partial charge >= 0.3 is 0 Å². The Hall–Kier alpha value is -1.71. The molecule has 358 valence electrons. The number of unbranched alkanes of at least 4 members (excludes halogenated alkanes) is 21. The predicted octanol–water partition coefficient (Wildman–Crippen LogP) is 7.36. The number of carbonyl (C=O) groups is 1. The number of aliphatic hydroxyl groups is 8. The van der Waals surface area contributed by atoms with Gasteiger partial charge in [0.25, 0.3) is 0 Å². The zero-order valence-electron chi connectivity index (χ0n) is 38.5. The first kappa shape index (κ1) is 57.3. The standard InChI is InChI=1S/C49H91NO11/c1-4-6-8-10-12-13-14-15-16-17-18-19-20-21-22-23-24-25-27-29-34-41(53)47(58)50-39(38-60-48-46(57)45(56)44(55)42(37-51)61-48)40(52)33-30-31-35-43(54)49(3,59)36-32-28-26-11-9-7-5-2/h15-16,30,32-33,36,39-46,48,51-57,59H,4-14,17-29,31,34-35,37-38H2,1-3H3,(H,50,58). The molecule has 12 heteroatoms. The molecular formula is C49H91NO11. The van der Waals surface area contributed by atoms with Gasteiger partial charge in [-0.3, -0.25) is 4.79 Å². The Kier molecular flexibility index (Phi) is 34.4. The second kappa shape index (κ2) is 36.6. The minimum atomic E-state index is -1.67. The third-order valence-electron chi connectivity index (χ3n) is 11.9. The molecule has 1 amide bonds. The highest BCUT2D eigenvalue weighted by Gasteiger charge is 2.44. The van der Waals surface area contributed by atoms with Crippen molar-refractivity contribution in [1.29, 1.82) is 0 Å². The normalized spacial score (nSPS) is 22.8. The van der Waals surface area contributed by atoms with Crippen molar-refractivity contribution in [1.82, 2.24) is 5.32 Å². The topological polar surface area (TPSA) is 209 Å². The number of hydrogen-bond donors (Lipinski definition) is 9. The molecule has 12 nitrogen and oxygen atoms in total. The molecule has 61 heavy (non-hydrogen) atoms. The van der Waals surface area contributed by atoms with Crippen molar-refractivity contribution in [3.8, 4) is 0 Å². The van der Waals surface area contributed by atoms with Crippen molar-refractivity contribution in [2.75, 3.05) is 13.2 Å². The first-order valence-corrected chi connectivity index (χ1v) is 24.4. The van der Waals surface area contributed by atoms with Crippen molar-refractivity contribution in [3.05, 3.63) is 36.5 Å². The summed E-state index contributed by atoms with van der Waals surface area (Å²) in [6, 6.07) is -1.12. The maximum atomic E-state index is 13.1. The highest BCUT2D eigenvalue weighted by atomic mass is 16.7. The Bertz CT molecular complexity index is 1130. The van der Waals surface area contributed by atoms with E-state index in [0.29, 0.717) is 12.8 Å². The van der Waals surface area contributed by atoms with Gasteiger partial charge in [-0.25, -0.2) is 0 Å². The molecule has 1 heterocycles. The van der Waals surface area contributed by atoms with Crippen LogP contribution in [0.4, 0.5) is 0 Å². The number of carbonyl (C=O) groups excluding carboxylic acids is 1. The van der Waals surface area contributed by atoms with Gasteiger partial charge in [0.1, 0.15) is 36.1 Å². The highest BCUT2D eigenvalue weighted by Crippen LogP contribution is 2.23. The first-order chi connectivity index (χ1) is 29.4. The zero-order valence-corrected chi connectivity index (χ0v) is 38.5. The van der Waals surface area contributed by atoms with Crippen LogP contribution in [0.2, 0.25) is 0 Å². The molecule has 0 radical (unpaired) electrons. The minimum Gasteiger partial charge on any atom is -0.394 e. The summed E-state index contributed by atoms with van der Waals surface area (Å²) in [7, 11) is 0. The maximum absolute atomic E-state index is 13.1. The van der Waals surface area contributed by atoms with E-state index in [1.54, 1.807) is 19.1 Å². The lowest BCUT2D eigenvalue weighted by Gasteiger charge is -2.40. The lowest BCUT2D eigenvalue weighted by Crippen LogP contribution is -2.60. The van der Waals surface area contributed by atoms with Crippen molar-refractivity contribution >= 4 is 5.91 Å². The van der Waals surface area contributed by atoms with Crippen LogP contribution in [-0.4, -0.2) is 121 Å². The van der Waals surface area contributed by atoms with E-state index >= 15 is 0 Å². The maximum Gasteiger partial charge on any atom is 0.249 e. The largest absolute Gasteiger partial charge is 0.394 e. The summed E-state index contributed by atoms with van der Waals surface area (Å²) in [6.07, 6.45) is 28.9. The fraction of sp³-hybridized carbons (Fsp3) is 0.857. The van der Waals surface area contributed by atoms with Crippen LogP contribution >= 0.6 is 0 Å². The van der Waals surface area contributed by atoms with Gasteiger partial charge in [-0.15, -0.1) is 0 Å². The van der Waals surface area contributed by atoms with E-state index in [4.69, 9.17) is 9.47 Å². The molecule has 1 fully saturated rings. The van der Waals surface area contributed by atoms with E-state index in [1.165, 1.54) is 115 Å². The molecule has 1 saturated heterocycles. The fourth-order valence-corrected chi connectivity index (χ4v) is 7.55. The Morgan fingerprint density at radius 2 is 1.15 bits per heavy atom. The number of rotatable bonds is 39. The van der Waals surface area contributed by atoms with Crippen LogP contribution in [0.15, 0.2) is 36.5 Å². The fourth-order valence-electron chi connectivity index (χ4n) is 7.55. The van der Waals surface area contributed by atoms with E-state index in [2.05, 4.69) is 31.3 Å². The van der Waals surface area contributed by atoms with Gasteiger partial charge in [0, 0.05) is 0 Å². The molecule has 0 aliphatic carbocycles. The van der Waals surface area contributed by atoms with Gasteiger partial charge in [0.15, 0.2) is 6.29 Å². The van der Waals surface area contributed by atoms with Gasteiger partial charge in [0.2, 0.25) is 5.91 Å². The summed E-state index contributed by atoms with van der Waals surface area (Å²) in [5.74, 6) is -0.702. The number of ether oxygens (including phenoxy) is 2. The second-order valence-corrected chi connectivity index (χ2v) is 17.6. The molecule has 10 atom stereocenters. The zero-order chi connectivity index (χ0) is 45.1. The van der Waals surface area contributed by atoms with Crippen LogP contribution < -0.4 is 5.32 Å². The minimum absolute atomic E-state index is 0.200. The van der Waals surface area contributed by atoms with E-state index in [-0.39, 0.29) is 12.8 Å². The van der Waals surface area contributed by atoms with Crippen molar-refractivity contribution in [3.63, 3.8) is 0 Å². The molecule has 1 aliphatic rings. The van der Waals surface area contributed by atoms with Gasteiger partial charge in [0.05, 0.1) is 31.5 Å². The Morgan fingerprint density at radius 3 is 1.67 bits per heavy atom. The lowest BCUT2D eigenvalue weighted by molar-refractivity contribution is -0.302. The van der Waals surface area contributed by atoms with Gasteiger partial charge in [-0.05, 0) is 64.7 Å². The lowest BCUT2D eigenvalue weighted by atomic mass is 9.94. The van der Waals surface area contributed by atoms with E-state index < -0.39 is 79.8 Å². The average molecular weight is 870 g/mol. The van der Waals surface area contributed by atoms with Crippen LogP contribution in [0, 0.1) is 0 Å². The Morgan fingerprint density at radius 1 is 0.656 bits per heavy atom. The van der Waals surface area contributed by atoms with Crippen LogP contribution in [0.3, 0.4) is 0 Å². The number of amides is 1. The van der Waals surface area contributed by atoms with Gasteiger partial charge in [-0.1, -0.05) is 166 Å². The van der Waals surface area contributed by atoms with Crippen molar-refractivity contribution in [2.24, 2.45) is 0 Å². The van der Waals surface area contributed by atoms with Crippen LogP contribution in [0.5, 0.6) is 0 Å². The molecule has 0 aromatic carbocycles. The molecular weight excluding hydrogens is 779 g/mol. The molecule has 9 N–H and O–H groups in total. The summed E-state index contributed by atoms with van der Waals surface area (Å²) in [6.45, 7) is 4.92. The molecule has 0 aromatic rings. The molecule has 0 saturated carbocycles. The summed E-state index contributed by atoms with van der Waals surface area (Å²) in [4.78, 5) is 13.1. The SMILES string of the molecule is CCCCCCCC=CC(C)(O)C(O)CCC=CC(O)C(COC1OC(CO)C(O)C(O)C1O)NC(=O)C(O)CCCCCCCCCCCCC=CCCCCCCCC. The molecule has 1 rings (SSSR count). The van der Waals surface area contributed by atoms with Crippen LogP contribution in [0.1, 0.15) is 194 Å².